The first kappa shape index (κ1) is 17.8. The Bertz CT molecular complexity index is 739. The Hall–Kier alpha value is -3.02. The summed E-state index contributed by atoms with van der Waals surface area (Å²) in [5, 5.41) is 2.92. The van der Waals surface area contributed by atoms with E-state index in [0.29, 0.717) is 38.3 Å². The second kappa shape index (κ2) is 8.38. The highest BCUT2D eigenvalue weighted by Gasteiger charge is 2.24. The molecule has 1 saturated heterocycles. The third-order valence-electron chi connectivity index (χ3n) is 4.48. The van der Waals surface area contributed by atoms with Crippen molar-refractivity contribution in [2.45, 2.75) is 6.54 Å². The van der Waals surface area contributed by atoms with Gasteiger partial charge in [0.05, 0.1) is 7.11 Å². The van der Waals surface area contributed by atoms with Crippen molar-refractivity contribution in [3.05, 3.63) is 65.7 Å². The van der Waals surface area contributed by atoms with Crippen LogP contribution in [0.1, 0.15) is 15.9 Å². The van der Waals surface area contributed by atoms with Crippen LogP contribution < -0.4 is 10.1 Å². The fourth-order valence-corrected chi connectivity index (χ4v) is 2.91. The van der Waals surface area contributed by atoms with Gasteiger partial charge >= 0.3 is 6.03 Å². The highest BCUT2D eigenvalue weighted by Crippen LogP contribution is 2.12. The summed E-state index contributed by atoms with van der Waals surface area (Å²) in [4.78, 5) is 28.3. The minimum atomic E-state index is -0.104. The third-order valence-corrected chi connectivity index (χ3v) is 4.48. The molecular weight excluding hydrogens is 330 g/mol. The zero-order valence-corrected chi connectivity index (χ0v) is 14.9. The number of piperazine rings is 1. The van der Waals surface area contributed by atoms with Crippen molar-refractivity contribution in [3.63, 3.8) is 0 Å². The molecule has 0 bridgehead atoms. The maximum atomic E-state index is 12.4. The summed E-state index contributed by atoms with van der Waals surface area (Å²) in [6.45, 7) is 2.62. The Balaban J connectivity index is 1.46. The van der Waals surface area contributed by atoms with Gasteiger partial charge in [-0.25, -0.2) is 4.79 Å². The predicted molar refractivity (Wildman–Crippen MR) is 99.1 cm³/mol. The van der Waals surface area contributed by atoms with Gasteiger partial charge in [0, 0.05) is 38.3 Å². The van der Waals surface area contributed by atoms with Crippen LogP contribution in [0.4, 0.5) is 4.79 Å². The van der Waals surface area contributed by atoms with E-state index in [1.165, 1.54) is 0 Å². The zero-order chi connectivity index (χ0) is 18.4. The quantitative estimate of drug-likeness (QED) is 0.918. The number of nitrogens with zero attached hydrogens (tertiary/aromatic N) is 2. The number of carbonyl (C=O) groups is 2. The van der Waals surface area contributed by atoms with E-state index in [9.17, 15) is 9.59 Å². The summed E-state index contributed by atoms with van der Waals surface area (Å²) in [5.74, 6) is 0.808. The summed E-state index contributed by atoms with van der Waals surface area (Å²) >= 11 is 0. The van der Waals surface area contributed by atoms with Crippen LogP contribution in [0.3, 0.4) is 0 Å². The third kappa shape index (κ3) is 4.33. The number of nitrogens with one attached hydrogen (secondary N) is 1. The molecule has 1 fully saturated rings. The maximum absolute atomic E-state index is 12.4. The smallest absolute Gasteiger partial charge is 0.317 e. The van der Waals surface area contributed by atoms with Crippen molar-refractivity contribution in [1.82, 2.24) is 15.1 Å². The van der Waals surface area contributed by atoms with Gasteiger partial charge in [-0.1, -0.05) is 30.3 Å². The normalized spacial score (nSPS) is 14.0. The molecule has 1 aliphatic heterocycles. The molecule has 3 rings (SSSR count). The van der Waals surface area contributed by atoms with E-state index in [-0.39, 0.29) is 11.9 Å². The zero-order valence-electron chi connectivity index (χ0n) is 14.9. The molecule has 0 saturated carbocycles. The second-order valence-electron chi connectivity index (χ2n) is 6.15. The van der Waals surface area contributed by atoms with Gasteiger partial charge in [0.2, 0.25) is 0 Å². The van der Waals surface area contributed by atoms with Crippen LogP contribution in [-0.4, -0.2) is 55.0 Å². The van der Waals surface area contributed by atoms with Crippen LogP contribution in [0.5, 0.6) is 5.75 Å². The van der Waals surface area contributed by atoms with E-state index in [2.05, 4.69) is 5.32 Å². The largest absolute Gasteiger partial charge is 0.497 e. The van der Waals surface area contributed by atoms with E-state index < -0.39 is 0 Å². The Kier molecular flexibility index (Phi) is 5.73. The number of hydrogen-bond donors (Lipinski definition) is 1. The molecular formula is C20H23N3O3. The summed E-state index contributed by atoms with van der Waals surface area (Å²) in [6, 6.07) is 16.7. The lowest BCUT2D eigenvalue weighted by Gasteiger charge is -2.34. The molecule has 1 N–H and O–H groups in total. The predicted octanol–water partition coefficient (Wildman–Crippen LogP) is 2.36. The standard InChI is InChI=1S/C20H23N3O3/c1-26-18-9-7-16(8-10-18)15-21-20(25)23-13-11-22(12-14-23)19(24)17-5-3-2-4-6-17/h2-10H,11-15H2,1H3,(H,21,25). The lowest BCUT2D eigenvalue weighted by atomic mass is 10.2. The van der Waals surface area contributed by atoms with Gasteiger partial charge in [0.25, 0.3) is 5.91 Å². The summed E-state index contributed by atoms with van der Waals surface area (Å²) in [7, 11) is 1.62. The van der Waals surface area contributed by atoms with Gasteiger partial charge in [0.1, 0.15) is 5.75 Å². The molecule has 2 aromatic rings. The minimum Gasteiger partial charge on any atom is -0.497 e. The number of ether oxygens (including phenoxy) is 1. The van der Waals surface area contributed by atoms with Crippen molar-refractivity contribution in [3.8, 4) is 5.75 Å². The van der Waals surface area contributed by atoms with Crippen molar-refractivity contribution >= 4 is 11.9 Å². The number of benzene rings is 2. The van der Waals surface area contributed by atoms with E-state index in [1.54, 1.807) is 16.9 Å². The molecule has 136 valence electrons. The number of carbonyl (C=O) groups excluding carboxylic acids is 2. The first-order valence-electron chi connectivity index (χ1n) is 8.67. The fraction of sp³-hybridized carbons (Fsp3) is 0.300. The maximum Gasteiger partial charge on any atom is 0.317 e. The average Bonchev–Trinajstić information content (AvgIpc) is 2.72. The molecule has 2 aromatic carbocycles. The van der Waals surface area contributed by atoms with Crippen LogP contribution in [0.15, 0.2) is 54.6 Å². The Labute approximate surface area is 153 Å². The molecule has 6 nitrogen and oxygen atoms in total. The number of hydrogen-bond acceptors (Lipinski definition) is 3. The van der Waals surface area contributed by atoms with Gasteiger partial charge in [-0.3, -0.25) is 4.79 Å². The van der Waals surface area contributed by atoms with Gasteiger partial charge in [-0.2, -0.15) is 0 Å². The van der Waals surface area contributed by atoms with Crippen LogP contribution in [0, 0.1) is 0 Å². The van der Waals surface area contributed by atoms with E-state index in [0.717, 1.165) is 11.3 Å². The lowest BCUT2D eigenvalue weighted by molar-refractivity contribution is 0.0665. The summed E-state index contributed by atoms with van der Waals surface area (Å²) in [5.41, 5.74) is 1.70. The molecule has 1 heterocycles. The van der Waals surface area contributed by atoms with Crippen molar-refractivity contribution in [1.29, 1.82) is 0 Å². The van der Waals surface area contributed by atoms with Crippen LogP contribution in [0.25, 0.3) is 0 Å². The minimum absolute atomic E-state index is 0.0175. The molecule has 0 spiro atoms. The SMILES string of the molecule is COc1ccc(CNC(=O)N2CCN(C(=O)c3ccccc3)CC2)cc1. The molecule has 0 unspecified atom stereocenters. The molecule has 0 atom stereocenters. The van der Waals surface area contributed by atoms with Crippen LogP contribution in [0.2, 0.25) is 0 Å². The van der Waals surface area contributed by atoms with Crippen molar-refractivity contribution in [2.75, 3.05) is 33.3 Å². The summed E-state index contributed by atoms with van der Waals surface area (Å²) in [6.07, 6.45) is 0. The first-order valence-corrected chi connectivity index (χ1v) is 8.67. The second-order valence-corrected chi connectivity index (χ2v) is 6.15. The molecule has 0 aliphatic carbocycles. The molecule has 3 amide bonds. The van der Waals surface area contributed by atoms with Crippen molar-refractivity contribution < 1.29 is 14.3 Å². The molecule has 0 radical (unpaired) electrons. The number of methoxy groups -OCH3 is 1. The van der Waals surface area contributed by atoms with Crippen molar-refractivity contribution in [2.24, 2.45) is 0 Å². The van der Waals surface area contributed by atoms with Crippen LogP contribution >= 0.6 is 0 Å². The molecule has 0 aromatic heterocycles. The Morgan fingerprint density at radius 1 is 0.923 bits per heavy atom. The number of rotatable bonds is 4. The molecule has 6 heteroatoms. The van der Waals surface area contributed by atoms with E-state index in [4.69, 9.17) is 4.74 Å². The molecule has 1 aliphatic rings. The summed E-state index contributed by atoms with van der Waals surface area (Å²) < 4.78 is 5.12. The van der Waals surface area contributed by atoms with E-state index in [1.807, 2.05) is 54.6 Å². The lowest BCUT2D eigenvalue weighted by Crippen LogP contribution is -2.53. The van der Waals surface area contributed by atoms with Gasteiger partial charge in [-0.15, -0.1) is 0 Å². The van der Waals surface area contributed by atoms with Gasteiger partial charge in [-0.05, 0) is 29.8 Å². The highest BCUT2D eigenvalue weighted by molar-refractivity contribution is 5.94. The fourth-order valence-electron chi connectivity index (χ4n) is 2.91. The van der Waals surface area contributed by atoms with Gasteiger partial charge in [0.15, 0.2) is 0 Å². The van der Waals surface area contributed by atoms with E-state index >= 15 is 0 Å². The van der Waals surface area contributed by atoms with Gasteiger partial charge < -0.3 is 19.9 Å². The highest BCUT2D eigenvalue weighted by atomic mass is 16.5. The Morgan fingerprint density at radius 2 is 1.54 bits per heavy atom. The Morgan fingerprint density at radius 3 is 2.15 bits per heavy atom. The monoisotopic (exact) mass is 353 g/mol. The topological polar surface area (TPSA) is 61.9 Å². The average molecular weight is 353 g/mol. The van der Waals surface area contributed by atoms with Crippen LogP contribution in [-0.2, 0) is 6.54 Å². The number of amides is 3. The first-order chi connectivity index (χ1) is 12.7. The number of urea groups is 1. The molecule has 26 heavy (non-hydrogen) atoms.